The van der Waals surface area contributed by atoms with E-state index in [9.17, 15) is 9.59 Å². The molecule has 1 radical (unpaired) electrons. The molecule has 0 heterocycles. The minimum Gasteiger partial charge on any atom is -0.482 e. The number of carboxylic acids is 1. The van der Waals surface area contributed by atoms with Crippen molar-refractivity contribution in [1.29, 1.82) is 0 Å². The number of aliphatic carboxylic acids is 1. The van der Waals surface area contributed by atoms with Gasteiger partial charge in [-0.1, -0.05) is 48.5 Å². The Morgan fingerprint density at radius 3 is 2.18 bits per heavy atom. The number of carbonyl (C=O) groups excluding carboxylic acids is 1. The van der Waals surface area contributed by atoms with Crippen LogP contribution >= 0.6 is 0 Å². The number of ether oxygens (including phenoxy) is 2. The molecule has 0 bridgehead atoms. The molecule has 1 N–H and O–H groups in total. The molecule has 6 nitrogen and oxygen atoms in total. The molecule has 0 spiro atoms. The first-order chi connectivity index (χ1) is 16.1. The van der Waals surface area contributed by atoms with Crippen molar-refractivity contribution in [1.82, 2.24) is 0 Å². The van der Waals surface area contributed by atoms with Gasteiger partial charge in [-0.25, -0.2) is 14.5 Å². The molecule has 4 rings (SSSR count). The maximum absolute atomic E-state index is 13.1. The summed E-state index contributed by atoms with van der Waals surface area (Å²) in [5, 5.41) is 8.93. The number of hydrogen-bond acceptors (Lipinski definition) is 4. The van der Waals surface area contributed by atoms with Crippen molar-refractivity contribution in [3.8, 4) is 5.75 Å². The summed E-state index contributed by atoms with van der Waals surface area (Å²) in [6.07, 6.45) is 3.00. The Labute approximate surface area is 221 Å². The van der Waals surface area contributed by atoms with Crippen LogP contribution < -0.4 is 9.64 Å². The largest absolute Gasteiger partial charge is 0.482 e. The molecule has 0 aliphatic heterocycles. The maximum Gasteiger partial charge on any atom is 0.418 e. The zero-order chi connectivity index (χ0) is 23.0. The van der Waals surface area contributed by atoms with E-state index >= 15 is 0 Å². The third kappa shape index (κ3) is 6.63. The number of anilines is 2. The summed E-state index contributed by atoms with van der Waals surface area (Å²) >= 11 is 0. The summed E-state index contributed by atoms with van der Waals surface area (Å²) in [5.74, 6) is -0.183. The van der Waals surface area contributed by atoms with E-state index in [1.165, 1.54) is 0 Å². The van der Waals surface area contributed by atoms with Gasteiger partial charge in [-0.05, 0) is 73.1 Å². The number of benzene rings is 3. The standard InChI is InChI=1S/C27H27NO5.Na/c29-26(30)19-32-25-16-8-10-21-17-20(9-7-15-24(21)25)18-33-27(31)28(22-11-3-1-4-12-22)23-13-5-2-6-14-23;/h1-6,8,10-14,16,20H,7,9,15,17-19H2,(H,29,30);. The molecule has 3 aromatic carbocycles. The SMILES string of the molecule is O=C(O)COc1cccc2c1CCCC(COC(=O)N(c1ccccc1)c1ccccc1)C2.[Na]. The van der Waals surface area contributed by atoms with Crippen molar-refractivity contribution in [2.24, 2.45) is 5.92 Å². The Morgan fingerprint density at radius 1 is 0.912 bits per heavy atom. The van der Waals surface area contributed by atoms with E-state index in [0.717, 1.165) is 48.2 Å². The topological polar surface area (TPSA) is 76.1 Å². The van der Waals surface area contributed by atoms with Crippen molar-refractivity contribution in [3.63, 3.8) is 0 Å². The first kappa shape index (κ1) is 25.8. The van der Waals surface area contributed by atoms with Gasteiger partial charge in [0.15, 0.2) is 6.61 Å². The first-order valence-corrected chi connectivity index (χ1v) is 11.1. The van der Waals surface area contributed by atoms with Crippen molar-refractivity contribution >= 4 is 53.0 Å². The molecular weight excluding hydrogens is 441 g/mol. The number of fused-ring (bicyclic) bond motifs is 1. The summed E-state index contributed by atoms with van der Waals surface area (Å²) in [7, 11) is 0. The number of amides is 1. The maximum atomic E-state index is 13.1. The molecule has 1 aliphatic carbocycles. The van der Waals surface area contributed by atoms with Gasteiger partial charge in [0.2, 0.25) is 0 Å². The van der Waals surface area contributed by atoms with Gasteiger partial charge in [0.25, 0.3) is 0 Å². The van der Waals surface area contributed by atoms with Crippen LogP contribution in [0.25, 0.3) is 0 Å². The zero-order valence-corrected chi connectivity index (χ0v) is 21.4. The monoisotopic (exact) mass is 468 g/mol. The molecule has 34 heavy (non-hydrogen) atoms. The Balaban J connectivity index is 0.00000324. The average Bonchev–Trinajstić information content (AvgIpc) is 3.05. The van der Waals surface area contributed by atoms with Crippen molar-refractivity contribution in [3.05, 3.63) is 90.0 Å². The van der Waals surface area contributed by atoms with Gasteiger partial charge in [-0.3, -0.25) is 0 Å². The van der Waals surface area contributed by atoms with Crippen LogP contribution in [-0.4, -0.2) is 59.9 Å². The number of hydrogen-bond donors (Lipinski definition) is 1. The van der Waals surface area contributed by atoms with Crippen LogP contribution in [0.15, 0.2) is 78.9 Å². The average molecular weight is 469 g/mol. The Hall–Kier alpha value is -2.80. The second kappa shape index (κ2) is 12.6. The number of para-hydroxylation sites is 2. The fraction of sp³-hybridized carbons (Fsp3) is 0.259. The van der Waals surface area contributed by atoms with Crippen LogP contribution in [0, 0.1) is 5.92 Å². The van der Waals surface area contributed by atoms with E-state index in [-0.39, 0.29) is 42.1 Å². The third-order valence-electron chi connectivity index (χ3n) is 5.78. The Morgan fingerprint density at radius 2 is 1.56 bits per heavy atom. The van der Waals surface area contributed by atoms with Crippen LogP contribution in [-0.2, 0) is 22.4 Å². The molecule has 1 aliphatic rings. The van der Waals surface area contributed by atoms with Crippen molar-refractivity contribution in [2.75, 3.05) is 18.1 Å². The predicted molar refractivity (Wildman–Crippen MR) is 132 cm³/mol. The van der Waals surface area contributed by atoms with Crippen LogP contribution in [0.4, 0.5) is 16.2 Å². The van der Waals surface area contributed by atoms with E-state index in [2.05, 4.69) is 0 Å². The quantitative estimate of drug-likeness (QED) is 0.379. The van der Waals surface area contributed by atoms with Gasteiger partial charge in [-0.15, -0.1) is 0 Å². The summed E-state index contributed by atoms with van der Waals surface area (Å²) < 4.78 is 11.3. The zero-order valence-electron chi connectivity index (χ0n) is 19.4. The van der Waals surface area contributed by atoms with E-state index in [0.29, 0.717) is 12.4 Å². The van der Waals surface area contributed by atoms with E-state index in [1.807, 2.05) is 78.9 Å². The van der Waals surface area contributed by atoms with Gasteiger partial charge < -0.3 is 14.6 Å². The molecule has 0 fully saturated rings. The molecular formula is C27H27NNaO5. The minimum atomic E-state index is -0.993. The summed E-state index contributed by atoms with van der Waals surface area (Å²) in [6, 6.07) is 24.7. The molecule has 7 heteroatoms. The van der Waals surface area contributed by atoms with Gasteiger partial charge >= 0.3 is 12.1 Å². The number of carbonyl (C=O) groups is 2. The third-order valence-corrected chi connectivity index (χ3v) is 5.78. The molecule has 1 unspecified atom stereocenters. The van der Waals surface area contributed by atoms with Crippen LogP contribution in [0.3, 0.4) is 0 Å². The number of nitrogens with zero attached hydrogens (tertiary/aromatic N) is 1. The number of carboxylic acid groups (broad SMARTS) is 1. The van der Waals surface area contributed by atoms with E-state index in [4.69, 9.17) is 14.6 Å². The first-order valence-electron chi connectivity index (χ1n) is 11.1. The van der Waals surface area contributed by atoms with Gasteiger partial charge in [0.05, 0.1) is 18.0 Å². The van der Waals surface area contributed by atoms with E-state index < -0.39 is 12.1 Å². The smallest absolute Gasteiger partial charge is 0.418 e. The van der Waals surface area contributed by atoms with Crippen molar-refractivity contribution < 1.29 is 24.2 Å². The molecule has 1 atom stereocenters. The molecule has 0 saturated heterocycles. The van der Waals surface area contributed by atoms with E-state index in [1.54, 1.807) is 4.90 Å². The summed E-state index contributed by atoms with van der Waals surface area (Å²) in [4.78, 5) is 25.6. The minimum absolute atomic E-state index is 0. The molecule has 3 aromatic rings. The molecule has 1 amide bonds. The van der Waals surface area contributed by atoms with Gasteiger partial charge in [0, 0.05) is 29.6 Å². The van der Waals surface area contributed by atoms with Crippen molar-refractivity contribution in [2.45, 2.75) is 25.7 Å². The Bertz CT molecular complexity index is 1050. The fourth-order valence-corrected chi connectivity index (χ4v) is 4.25. The van der Waals surface area contributed by atoms with Gasteiger partial charge in [-0.2, -0.15) is 0 Å². The normalized spacial score (nSPS) is 14.6. The second-order valence-electron chi connectivity index (χ2n) is 8.12. The fourth-order valence-electron chi connectivity index (χ4n) is 4.25. The van der Waals surface area contributed by atoms with Gasteiger partial charge in [0.1, 0.15) is 5.75 Å². The number of rotatable bonds is 7. The predicted octanol–water partition coefficient (Wildman–Crippen LogP) is 5.24. The summed E-state index contributed by atoms with van der Waals surface area (Å²) in [5.41, 5.74) is 3.68. The summed E-state index contributed by atoms with van der Waals surface area (Å²) in [6.45, 7) is -0.0407. The Kier molecular flexibility index (Phi) is 9.57. The molecule has 0 saturated carbocycles. The molecule has 0 aromatic heterocycles. The molecule has 171 valence electrons. The second-order valence-corrected chi connectivity index (χ2v) is 8.12. The van der Waals surface area contributed by atoms with Crippen LogP contribution in [0.1, 0.15) is 24.0 Å². The van der Waals surface area contributed by atoms with Crippen LogP contribution in [0.5, 0.6) is 5.75 Å². The van der Waals surface area contributed by atoms with Crippen LogP contribution in [0.2, 0.25) is 0 Å².